The monoisotopic (exact) mass is 381 g/mol. The first-order chi connectivity index (χ1) is 11.9. The van der Waals surface area contributed by atoms with E-state index in [1.54, 1.807) is 7.11 Å². The minimum atomic E-state index is -3.39. The van der Waals surface area contributed by atoms with Crippen LogP contribution in [0.25, 0.3) is 11.3 Å². The lowest BCUT2D eigenvalue weighted by molar-refractivity contribution is -0.119. The van der Waals surface area contributed by atoms with E-state index in [0.29, 0.717) is 24.5 Å². The molecule has 25 heavy (non-hydrogen) atoms. The Morgan fingerprint density at radius 3 is 2.72 bits per heavy atom. The number of aromatic nitrogens is 1. The van der Waals surface area contributed by atoms with Crippen molar-refractivity contribution < 1.29 is 17.9 Å². The Morgan fingerprint density at radius 1 is 1.36 bits per heavy atom. The number of rotatable bonds is 5. The van der Waals surface area contributed by atoms with Crippen LogP contribution in [0.15, 0.2) is 29.6 Å². The maximum atomic E-state index is 12.4. The summed E-state index contributed by atoms with van der Waals surface area (Å²) in [6.45, 7) is 0.381. The molecule has 2 aromatic rings. The molecule has 1 amide bonds. The van der Waals surface area contributed by atoms with Crippen LogP contribution in [0.1, 0.15) is 12.8 Å². The van der Waals surface area contributed by atoms with Crippen molar-refractivity contribution in [2.24, 2.45) is 0 Å². The Bertz CT molecular complexity index is 862. The van der Waals surface area contributed by atoms with Crippen LogP contribution in [0, 0.1) is 0 Å². The molecule has 1 aliphatic rings. The van der Waals surface area contributed by atoms with Gasteiger partial charge in [-0.25, -0.2) is 13.4 Å². The number of carbonyl (C=O) groups is 1. The number of carbonyl (C=O) groups excluding carboxylic acids is 1. The predicted molar refractivity (Wildman–Crippen MR) is 97.3 cm³/mol. The summed E-state index contributed by atoms with van der Waals surface area (Å²) < 4.78 is 29.9. The van der Waals surface area contributed by atoms with Gasteiger partial charge in [0.05, 0.1) is 19.1 Å². The molecule has 0 saturated carbocycles. The van der Waals surface area contributed by atoms with Gasteiger partial charge in [-0.3, -0.25) is 4.79 Å². The van der Waals surface area contributed by atoms with Crippen LogP contribution in [0.5, 0.6) is 5.75 Å². The maximum absolute atomic E-state index is 12.4. The summed E-state index contributed by atoms with van der Waals surface area (Å²) in [6, 6.07) is 6.80. The fourth-order valence-electron chi connectivity index (χ4n) is 2.81. The third kappa shape index (κ3) is 4.00. The minimum Gasteiger partial charge on any atom is -0.497 e. The maximum Gasteiger partial charge on any atom is 0.244 e. The van der Waals surface area contributed by atoms with Gasteiger partial charge in [-0.15, -0.1) is 11.3 Å². The predicted octanol–water partition coefficient (Wildman–Crippen LogP) is 2.18. The molecule has 3 rings (SSSR count). The molecular formula is C16H19N3O4S2. The van der Waals surface area contributed by atoms with Gasteiger partial charge in [0, 0.05) is 17.5 Å². The molecule has 1 aromatic heterocycles. The van der Waals surface area contributed by atoms with Crippen LogP contribution in [-0.4, -0.2) is 49.6 Å². The summed E-state index contributed by atoms with van der Waals surface area (Å²) in [6.07, 6.45) is 2.33. The van der Waals surface area contributed by atoms with Crippen molar-refractivity contribution in [1.82, 2.24) is 9.29 Å². The molecule has 1 atom stereocenters. The van der Waals surface area contributed by atoms with Crippen LogP contribution < -0.4 is 10.1 Å². The van der Waals surface area contributed by atoms with E-state index in [0.717, 1.165) is 23.3 Å². The van der Waals surface area contributed by atoms with Gasteiger partial charge in [-0.05, 0) is 37.1 Å². The second kappa shape index (κ2) is 7.11. The summed E-state index contributed by atoms with van der Waals surface area (Å²) in [5.41, 5.74) is 1.66. The number of hydrogen-bond acceptors (Lipinski definition) is 6. The molecule has 1 aromatic carbocycles. The summed E-state index contributed by atoms with van der Waals surface area (Å²) in [7, 11) is -1.78. The second-order valence-corrected chi connectivity index (χ2v) is 8.58. The molecule has 0 spiro atoms. The molecular weight excluding hydrogens is 362 g/mol. The standard InChI is InChI=1S/C16H19N3O4S2/c1-23-12-7-5-11(6-8-12)13-10-24-16(17-13)18-15(20)14-4-3-9-19(14)25(2,21)22/h5-8,10,14H,3-4,9H2,1-2H3,(H,17,18,20)/t14-/m0/s1. The Kier molecular flexibility index (Phi) is 5.07. The number of nitrogens with one attached hydrogen (secondary N) is 1. The molecule has 0 unspecified atom stereocenters. The van der Waals surface area contributed by atoms with E-state index in [4.69, 9.17) is 4.74 Å². The molecule has 1 saturated heterocycles. The Hall–Kier alpha value is -1.97. The fraction of sp³-hybridized carbons (Fsp3) is 0.375. The van der Waals surface area contributed by atoms with Crippen molar-refractivity contribution in [1.29, 1.82) is 0 Å². The average molecular weight is 381 g/mol. The van der Waals surface area contributed by atoms with Crippen molar-refractivity contribution in [3.63, 3.8) is 0 Å². The fourth-order valence-corrected chi connectivity index (χ4v) is 4.66. The molecule has 0 bridgehead atoms. The van der Waals surface area contributed by atoms with Gasteiger partial charge in [0.25, 0.3) is 0 Å². The van der Waals surface area contributed by atoms with Crippen molar-refractivity contribution >= 4 is 32.4 Å². The van der Waals surface area contributed by atoms with Crippen molar-refractivity contribution in [2.45, 2.75) is 18.9 Å². The number of thiazole rings is 1. The summed E-state index contributed by atoms with van der Waals surface area (Å²) >= 11 is 1.31. The van der Waals surface area contributed by atoms with Crippen LogP contribution in [0.4, 0.5) is 5.13 Å². The van der Waals surface area contributed by atoms with E-state index < -0.39 is 16.1 Å². The first-order valence-electron chi connectivity index (χ1n) is 7.76. The van der Waals surface area contributed by atoms with Crippen molar-refractivity contribution in [3.8, 4) is 17.0 Å². The third-order valence-corrected chi connectivity index (χ3v) is 6.10. The zero-order chi connectivity index (χ0) is 18.0. The van der Waals surface area contributed by atoms with Gasteiger partial charge in [-0.2, -0.15) is 4.31 Å². The van der Waals surface area contributed by atoms with Gasteiger partial charge in [-0.1, -0.05) is 0 Å². The Labute approximate surface area is 150 Å². The van der Waals surface area contributed by atoms with E-state index in [1.165, 1.54) is 15.6 Å². The largest absolute Gasteiger partial charge is 0.497 e. The van der Waals surface area contributed by atoms with E-state index >= 15 is 0 Å². The highest BCUT2D eigenvalue weighted by atomic mass is 32.2. The SMILES string of the molecule is COc1ccc(-c2csc(NC(=O)[C@@H]3CCCN3S(C)(=O)=O)n2)cc1. The van der Waals surface area contributed by atoms with Crippen LogP contribution in [-0.2, 0) is 14.8 Å². The zero-order valence-electron chi connectivity index (χ0n) is 13.9. The number of hydrogen-bond donors (Lipinski definition) is 1. The van der Waals surface area contributed by atoms with E-state index in [9.17, 15) is 13.2 Å². The van der Waals surface area contributed by atoms with E-state index in [2.05, 4.69) is 10.3 Å². The smallest absolute Gasteiger partial charge is 0.244 e. The number of methoxy groups -OCH3 is 1. The molecule has 0 aliphatic carbocycles. The summed E-state index contributed by atoms with van der Waals surface area (Å²) in [5, 5.41) is 5.04. The molecule has 1 aliphatic heterocycles. The number of ether oxygens (including phenoxy) is 1. The summed E-state index contributed by atoms with van der Waals surface area (Å²) in [4.78, 5) is 16.8. The number of sulfonamides is 1. The van der Waals surface area contributed by atoms with Crippen LogP contribution >= 0.6 is 11.3 Å². The number of amides is 1. The van der Waals surface area contributed by atoms with Crippen molar-refractivity contribution in [3.05, 3.63) is 29.6 Å². The lowest BCUT2D eigenvalue weighted by Gasteiger charge is -2.20. The summed E-state index contributed by atoms with van der Waals surface area (Å²) in [5.74, 6) is 0.424. The first-order valence-corrected chi connectivity index (χ1v) is 10.5. The van der Waals surface area contributed by atoms with Gasteiger partial charge < -0.3 is 10.1 Å². The number of benzene rings is 1. The van der Waals surface area contributed by atoms with Crippen LogP contribution in [0.2, 0.25) is 0 Å². The normalized spacial score (nSPS) is 18.2. The molecule has 2 heterocycles. The third-order valence-electron chi connectivity index (χ3n) is 4.05. The highest BCUT2D eigenvalue weighted by Gasteiger charge is 2.36. The zero-order valence-corrected chi connectivity index (χ0v) is 15.6. The average Bonchev–Trinajstić information content (AvgIpc) is 3.24. The highest BCUT2D eigenvalue weighted by Crippen LogP contribution is 2.27. The number of anilines is 1. The van der Waals surface area contributed by atoms with E-state index in [-0.39, 0.29) is 5.91 Å². The van der Waals surface area contributed by atoms with Crippen LogP contribution in [0.3, 0.4) is 0 Å². The lowest BCUT2D eigenvalue weighted by Crippen LogP contribution is -2.42. The lowest BCUT2D eigenvalue weighted by atomic mass is 10.2. The Morgan fingerprint density at radius 2 is 2.08 bits per heavy atom. The highest BCUT2D eigenvalue weighted by molar-refractivity contribution is 7.88. The van der Waals surface area contributed by atoms with Gasteiger partial charge in [0.2, 0.25) is 15.9 Å². The molecule has 9 heteroatoms. The van der Waals surface area contributed by atoms with Gasteiger partial charge >= 0.3 is 0 Å². The first kappa shape index (κ1) is 17.8. The van der Waals surface area contributed by atoms with E-state index in [1.807, 2.05) is 29.6 Å². The molecule has 1 N–H and O–H groups in total. The Balaban J connectivity index is 1.71. The topological polar surface area (TPSA) is 88.6 Å². The molecule has 0 radical (unpaired) electrons. The van der Waals surface area contributed by atoms with Gasteiger partial charge in [0.1, 0.15) is 11.8 Å². The quantitative estimate of drug-likeness (QED) is 0.858. The molecule has 7 nitrogen and oxygen atoms in total. The van der Waals surface area contributed by atoms with Crippen molar-refractivity contribution in [2.75, 3.05) is 25.2 Å². The van der Waals surface area contributed by atoms with Gasteiger partial charge in [0.15, 0.2) is 5.13 Å². The molecule has 134 valence electrons. The minimum absolute atomic E-state index is 0.335. The number of nitrogens with zero attached hydrogens (tertiary/aromatic N) is 2. The second-order valence-electron chi connectivity index (χ2n) is 5.79. The molecule has 1 fully saturated rings.